The maximum atomic E-state index is 12.1. The molecule has 2 aromatic carbocycles. The second-order valence-electron chi connectivity index (χ2n) is 7.25. The minimum atomic E-state index is -0.314. The first-order chi connectivity index (χ1) is 13.7. The molecule has 0 spiro atoms. The zero-order valence-electron chi connectivity index (χ0n) is 15.6. The number of nitrogens with zero attached hydrogens (tertiary/aromatic N) is 1. The zero-order valence-corrected chi connectivity index (χ0v) is 16.4. The Morgan fingerprint density at radius 3 is 3.00 bits per heavy atom. The molecule has 1 aliphatic heterocycles. The number of likely N-dealkylation sites (tertiary alicyclic amines) is 1. The van der Waals surface area contributed by atoms with E-state index in [0.717, 1.165) is 36.0 Å². The van der Waals surface area contributed by atoms with E-state index in [9.17, 15) is 4.79 Å². The molecular formula is C22H21N2O3S+. The highest BCUT2D eigenvalue weighted by molar-refractivity contribution is 7.18. The molecular weight excluding hydrogens is 372 g/mol. The summed E-state index contributed by atoms with van der Waals surface area (Å²) in [5.74, 6) is 0.689. The quantitative estimate of drug-likeness (QED) is 0.541. The fraction of sp³-hybridized carbons (Fsp3) is 0.273. The van der Waals surface area contributed by atoms with Crippen LogP contribution >= 0.6 is 11.3 Å². The summed E-state index contributed by atoms with van der Waals surface area (Å²) in [6.07, 6.45) is 2.30. The standard InChI is InChI=1S/C22H20N2O3S/c1-26-15-8-9-16-14(11-21(25)27-19(16)12-15)13-24-10-4-6-18(24)22-23-17-5-2-3-7-20(17)28-22/h2-3,5,7-9,11-12,18H,4,6,10,13H2,1H3/p+1/t18-/m0/s1. The van der Waals surface area contributed by atoms with Crippen molar-refractivity contribution in [2.75, 3.05) is 13.7 Å². The maximum Gasteiger partial charge on any atom is 0.336 e. The molecule has 0 bridgehead atoms. The number of hydrogen-bond acceptors (Lipinski definition) is 5. The van der Waals surface area contributed by atoms with Crippen LogP contribution in [0.5, 0.6) is 5.75 Å². The zero-order chi connectivity index (χ0) is 19.1. The van der Waals surface area contributed by atoms with Crippen LogP contribution in [-0.2, 0) is 6.54 Å². The van der Waals surface area contributed by atoms with E-state index < -0.39 is 0 Å². The van der Waals surface area contributed by atoms with Gasteiger partial charge in [0.05, 0.1) is 23.9 Å². The average Bonchev–Trinajstić information content (AvgIpc) is 3.33. The maximum absolute atomic E-state index is 12.1. The number of para-hydroxylation sites is 1. The summed E-state index contributed by atoms with van der Waals surface area (Å²) in [5.41, 5.74) is 2.37. The van der Waals surface area contributed by atoms with Gasteiger partial charge in [-0.05, 0) is 24.3 Å². The third-order valence-corrected chi connectivity index (χ3v) is 6.70. The minimum Gasteiger partial charge on any atom is -0.497 e. The van der Waals surface area contributed by atoms with Crippen LogP contribution in [-0.4, -0.2) is 18.6 Å². The van der Waals surface area contributed by atoms with Crippen molar-refractivity contribution in [1.29, 1.82) is 0 Å². The number of methoxy groups -OCH3 is 1. The largest absolute Gasteiger partial charge is 0.497 e. The molecule has 5 rings (SSSR count). The van der Waals surface area contributed by atoms with Gasteiger partial charge < -0.3 is 14.1 Å². The number of quaternary nitrogens is 1. The van der Waals surface area contributed by atoms with Gasteiger partial charge in [0.2, 0.25) is 0 Å². The van der Waals surface area contributed by atoms with E-state index in [1.54, 1.807) is 30.6 Å². The lowest BCUT2D eigenvalue weighted by molar-refractivity contribution is -0.931. The molecule has 0 amide bonds. The predicted molar refractivity (Wildman–Crippen MR) is 110 cm³/mol. The second-order valence-corrected chi connectivity index (χ2v) is 8.31. The van der Waals surface area contributed by atoms with Crippen molar-refractivity contribution in [2.24, 2.45) is 0 Å². The smallest absolute Gasteiger partial charge is 0.336 e. The van der Waals surface area contributed by atoms with Gasteiger partial charge in [0, 0.05) is 35.9 Å². The highest BCUT2D eigenvalue weighted by Crippen LogP contribution is 2.29. The number of ether oxygens (including phenoxy) is 1. The van der Waals surface area contributed by atoms with Crippen molar-refractivity contribution in [3.8, 4) is 5.75 Å². The average molecular weight is 393 g/mol. The van der Waals surface area contributed by atoms with Crippen LogP contribution in [0.4, 0.5) is 0 Å². The van der Waals surface area contributed by atoms with Crippen LogP contribution in [0.25, 0.3) is 21.2 Å². The Morgan fingerprint density at radius 1 is 1.25 bits per heavy atom. The van der Waals surface area contributed by atoms with Crippen LogP contribution in [0.2, 0.25) is 0 Å². The molecule has 6 heteroatoms. The molecule has 4 aromatic rings. The Bertz CT molecular complexity index is 1180. The number of rotatable bonds is 4. The van der Waals surface area contributed by atoms with E-state index in [-0.39, 0.29) is 5.63 Å². The molecule has 2 atom stereocenters. The van der Waals surface area contributed by atoms with Gasteiger partial charge in [-0.3, -0.25) is 0 Å². The van der Waals surface area contributed by atoms with Crippen molar-refractivity contribution in [2.45, 2.75) is 25.4 Å². The molecule has 142 valence electrons. The lowest BCUT2D eigenvalue weighted by atomic mass is 10.1. The van der Waals surface area contributed by atoms with Crippen molar-refractivity contribution in [3.05, 3.63) is 69.5 Å². The third-order valence-electron chi connectivity index (χ3n) is 5.55. The predicted octanol–water partition coefficient (Wildman–Crippen LogP) is 3.33. The molecule has 0 saturated carbocycles. The number of nitrogens with one attached hydrogen (secondary N) is 1. The Labute approximate surface area is 166 Å². The van der Waals surface area contributed by atoms with Gasteiger partial charge in [0.25, 0.3) is 0 Å². The number of thiazole rings is 1. The van der Waals surface area contributed by atoms with Crippen LogP contribution in [0, 0.1) is 0 Å². The van der Waals surface area contributed by atoms with Crippen LogP contribution in [0.15, 0.2) is 57.7 Å². The van der Waals surface area contributed by atoms with Crippen molar-refractivity contribution < 1.29 is 14.1 Å². The fourth-order valence-electron chi connectivity index (χ4n) is 4.19. The first-order valence-corrected chi connectivity index (χ1v) is 10.3. The second kappa shape index (κ2) is 7.04. The number of fused-ring (bicyclic) bond motifs is 2. The topological polar surface area (TPSA) is 56.8 Å². The van der Waals surface area contributed by atoms with Gasteiger partial charge in [-0.2, -0.15) is 0 Å². The normalized spacial score (nSPS) is 19.5. The SMILES string of the molecule is COc1ccc2c(C[NH+]3CCC[C@H]3c3nc4ccccc4s3)cc(=O)oc2c1. The lowest BCUT2D eigenvalue weighted by Crippen LogP contribution is -3.08. The third kappa shape index (κ3) is 3.08. The van der Waals surface area contributed by atoms with E-state index in [0.29, 0.717) is 17.4 Å². The molecule has 1 unspecified atom stereocenters. The van der Waals surface area contributed by atoms with Crippen molar-refractivity contribution in [3.63, 3.8) is 0 Å². The molecule has 0 aliphatic carbocycles. The minimum absolute atomic E-state index is 0.314. The summed E-state index contributed by atoms with van der Waals surface area (Å²) >= 11 is 1.79. The summed E-state index contributed by atoms with van der Waals surface area (Å²) in [5, 5.41) is 2.17. The molecule has 1 N–H and O–H groups in total. The van der Waals surface area contributed by atoms with Gasteiger partial charge in [0.15, 0.2) is 5.01 Å². The Hall–Kier alpha value is -2.70. The van der Waals surface area contributed by atoms with Crippen LogP contribution < -0.4 is 15.3 Å². The molecule has 3 heterocycles. The molecule has 2 aromatic heterocycles. The number of hydrogen-bond donors (Lipinski definition) is 1. The molecule has 1 fully saturated rings. The highest BCUT2D eigenvalue weighted by Gasteiger charge is 2.33. The van der Waals surface area contributed by atoms with Gasteiger partial charge in [-0.15, -0.1) is 11.3 Å². The first kappa shape index (κ1) is 17.4. The van der Waals surface area contributed by atoms with Crippen molar-refractivity contribution in [1.82, 2.24) is 4.98 Å². The Balaban J connectivity index is 1.50. The monoisotopic (exact) mass is 393 g/mol. The molecule has 0 radical (unpaired) electrons. The van der Waals surface area contributed by atoms with E-state index in [1.165, 1.54) is 21.0 Å². The van der Waals surface area contributed by atoms with Gasteiger partial charge in [0.1, 0.15) is 23.9 Å². The number of benzene rings is 2. The fourth-order valence-corrected chi connectivity index (χ4v) is 5.35. The van der Waals surface area contributed by atoms with Crippen molar-refractivity contribution >= 4 is 32.5 Å². The highest BCUT2D eigenvalue weighted by atomic mass is 32.1. The molecule has 1 saturated heterocycles. The van der Waals surface area contributed by atoms with E-state index in [2.05, 4.69) is 18.2 Å². The van der Waals surface area contributed by atoms with Gasteiger partial charge in [-0.25, -0.2) is 9.78 Å². The molecule has 28 heavy (non-hydrogen) atoms. The lowest BCUT2D eigenvalue weighted by Gasteiger charge is -2.20. The van der Waals surface area contributed by atoms with E-state index in [1.807, 2.05) is 18.2 Å². The van der Waals surface area contributed by atoms with Gasteiger partial charge in [-0.1, -0.05) is 12.1 Å². The van der Waals surface area contributed by atoms with E-state index in [4.69, 9.17) is 14.1 Å². The summed E-state index contributed by atoms with van der Waals surface area (Å²) in [6.45, 7) is 1.87. The summed E-state index contributed by atoms with van der Waals surface area (Å²) < 4.78 is 11.9. The molecule has 5 nitrogen and oxygen atoms in total. The van der Waals surface area contributed by atoms with Gasteiger partial charge >= 0.3 is 5.63 Å². The Morgan fingerprint density at radius 2 is 2.14 bits per heavy atom. The summed E-state index contributed by atoms with van der Waals surface area (Å²) in [7, 11) is 1.61. The first-order valence-electron chi connectivity index (χ1n) is 9.52. The summed E-state index contributed by atoms with van der Waals surface area (Å²) in [6, 6.07) is 16.0. The van der Waals surface area contributed by atoms with Crippen LogP contribution in [0.1, 0.15) is 29.5 Å². The number of aromatic nitrogens is 1. The Kier molecular flexibility index (Phi) is 4.37. The van der Waals surface area contributed by atoms with E-state index >= 15 is 0 Å². The molecule has 1 aliphatic rings. The van der Waals surface area contributed by atoms with Crippen LogP contribution in [0.3, 0.4) is 0 Å². The summed E-state index contributed by atoms with van der Waals surface area (Å²) in [4.78, 5) is 18.5.